The van der Waals surface area contributed by atoms with Crippen LogP contribution in [0.4, 0.5) is 17.3 Å². The average Bonchev–Trinajstić information content (AvgIpc) is 2.15. The van der Waals surface area contributed by atoms with Crippen LogP contribution >= 0.6 is 0 Å². The number of rotatable bonds is 1. The van der Waals surface area contributed by atoms with E-state index in [-0.39, 0.29) is 0 Å². The maximum absolute atomic E-state index is 9.75. The molecule has 0 aliphatic rings. The Labute approximate surface area is 83.6 Å². The van der Waals surface area contributed by atoms with Gasteiger partial charge in [0, 0.05) is 16.9 Å². The second kappa shape index (κ2) is 5.85. The van der Waals surface area contributed by atoms with Crippen LogP contribution in [0.15, 0.2) is 24.5 Å². The molecule has 0 saturated carbocycles. The minimum atomic E-state index is -6.00. The third-order valence-corrected chi connectivity index (χ3v) is 1.14. The van der Waals surface area contributed by atoms with Gasteiger partial charge in [-0.1, -0.05) is 0 Å². The Kier molecular flexibility index (Phi) is 5.16. The first-order valence-corrected chi connectivity index (χ1v) is 3.70. The summed E-state index contributed by atoms with van der Waals surface area (Å²) >= 11 is 0. The predicted octanol–water partition coefficient (Wildman–Crippen LogP) is 1.20. The molecule has 0 atom stereocenters. The van der Waals surface area contributed by atoms with E-state index in [0.717, 1.165) is 0 Å². The fourth-order valence-electron chi connectivity index (χ4n) is 0.609. The van der Waals surface area contributed by atoms with Crippen LogP contribution in [0.2, 0.25) is 0 Å². The molecular weight excluding hydrogens is 215 g/mol. The van der Waals surface area contributed by atoms with Crippen LogP contribution in [0.25, 0.3) is 0 Å². The van der Waals surface area contributed by atoms with Crippen molar-refractivity contribution in [3.63, 3.8) is 0 Å². The van der Waals surface area contributed by atoms with E-state index in [9.17, 15) is 17.3 Å². The molecule has 1 rings (SSSR count). The van der Waals surface area contributed by atoms with Gasteiger partial charge in [-0.2, -0.15) is 5.26 Å². The number of hydrogen-bond acceptors (Lipinski definition) is 2. The van der Waals surface area contributed by atoms with Gasteiger partial charge in [-0.25, -0.2) is 0 Å². The molecular formula is C7H7BF4N2O. The summed E-state index contributed by atoms with van der Waals surface area (Å²) in [6, 6.07) is 5.38. The number of aromatic nitrogens is 1. The van der Waals surface area contributed by atoms with E-state index in [1.165, 1.54) is 4.73 Å². The molecule has 0 amide bonds. The summed E-state index contributed by atoms with van der Waals surface area (Å²) < 4.78 is 40.5. The van der Waals surface area contributed by atoms with E-state index >= 15 is 0 Å². The molecule has 0 radical (unpaired) electrons. The van der Waals surface area contributed by atoms with Crippen molar-refractivity contribution >= 4 is 7.25 Å². The molecule has 0 bridgehead atoms. The summed E-state index contributed by atoms with van der Waals surface area (Å²) in [5.74, 6) is 0. The lowest BCUT2D eigenvalue weighted by Gasteiger charge is -1.94. The Bertz CT molecular complexity index is 326. The second-order valence-corrected chi connectivity index (χ2v) is 2.24. The Morgan fingerprint density at radius 2 is 1.67 bits per heavy atom. The van der Waals surface area contributed by atoms with Gasteiger partial charge < -0.3 is 17.3 Å². The van der Waals surface area contributed by atoms with Crippen molar-refractivity contribution in [3.8, 4) is 6.07 Å². The fourth-order valence-corrected chi connectivity index (χ4v) is 0.609. The van der Waals surface area contributed by atoms with Crippen molar-refractivity contribution < 1.29 is 26.8 Å². The molecule has 0 aliphatic heterocycles. The molecule has 1 heterocycles. The minimum Gasteiger partial charge on any atom is -0.418 e. The number of hydrogen-bond donors (Lipinski definition) is 0. The van der Waals surface area contributed by atoms with Crippen LogP contribution in [0.5, 0.6) is 0 Å². The Balaban J connectivity index is 0.000000336. The molecule has 15 heavy (non-hydrogen) atoms. The van der Waals surface area contributed by atoms with Crippen molar-refractivity contribution in [2.24, 2.45) is 0 Å². The molecule has 8 heteroatoms. The molecule has 0 aromatic carbocycles. The standard InChI is InChI=1S/C7H7N2O.BF4/c1-10-9-4-2-7(6-8)3-5-9;2-1(3,4)5/h2-5H,1H3;/q+1;-1. The summed E-state index contributed by atoms with van der Waals surface area (Å²) in [7, 11) is -4.44. The van der Waals surface area contributed by atoms with Crippen LogP contribution in [0.1, 0.15) is 5.56 Å². The first-order valence-electron chi connectivity index (χ1n) is 3.70. The molecule has 0 fully saturated rings. The molecule has 3 nitrogen and oxygen atoms in total. The minimum absolute atomic E-state index is 0.633. The van der Waals surface area contributed by atoms with E-state index in [2.05, 4.69) is 0 Å². The van der Waals surface area contributed by atoms with Crippen molar-refractivity contribution in [3.05, 3.63) is 30.1 Å². The molecule has 1 aromatic heterocycles. The van der Waals surface area contributed by atoms with E-state index in [1.54, 1.807) is 31.6 Å². The third kappa shape index (κ3) is 8.55. The lowest BCUT2D eigenvalue weighted by Crippen LogP contribution is -2.39. The monoisotopic (exact) mass is 222 g/mol. The van der Waals surface area contributed by atoms with E-state index in [0.29, 0.717) is 5.56 Å². The highest BCUT2D eigenvalue weighted by Gasteiger charge is 2.20. The molecule has 0 aliphatic carbocycles. The molecule has 0 saturated heterocycles. The maximum Gasteiger partial charge on any atom is 0.673 e. The van der Waals surface area contributed by atoms with E-state index in [4.69, 9.17) is 10.1 Å². The zero-order valence-electron chi connectivity index (χ0n) is 7.70. The smallest absolute Gasteiger partial charge is 0.418 e. The number of nitrogens with zero attached hydrogens (tertiary/aromatic N) is 2. The van der Waals surface area contributed by atoms with Crippen molar-refractivity contribution in [1.29, 1.82) is 5.26 Å². The van der Waals surface area contributed by atoms with Crippen LogP contribution in [0.3, 0.4) is 0 Å². The summed E-state index contributed by atoms with van der Waals surface area (Å²) in [5, 5.41) is 8.40. The van der Waals surface area contributed by atoms with Crippen LogP contribution in [0, 0.1) is 11.3 Å². The number of halogens is 4. The zero-order valence-corrected chi connectivity index (χ0v) is 7.70. The van der Waals surface area contributed by atoms with E-state index < -0.39 is 7.25 Å². The summed E-state index contributed by atoms with van der Waals surface area (Å²) in [6.45, 7) is 0. The van der Waals surface area contributed by atoms with Crippen molar-refractivity contribution in [2.75, 3.05) is 7.11 Å². The maximum atomic E-state index is 9.75. The van der Waals surface area contributed by atoms with Gasteiger partial charge in [0.2, 0.25) is 12.4 Å². The number of pyridine rings is 1. The fraction of sp³-hybridized carbons (Fsp3) is 0.143. The highest BCUT2D eigenvalue weighted by Crippen LogP contribution is 2.06. The van der Waals surface area contributed by atoms with Gasteiger partial charge >= 0.3 is 7.25 Å². The normalized spacial score (nSPS) is 9.60. The van der Waals surface area contributed by atoms with Gasteiger partial charge in [0.05, 0.1) is 11.6 Å². The highest BCUT2D eigenvalue weighted by molar-refractivity contribution is 6.50. The molecule has 0 spiro atoms. The summed E-state index contributed by atoms with van der Waals surface area (Å²) in [5.41, 5.74) is 0.633. The van der Waals surface area contributed by atoms with Gasteiger partial charge in [-0.3, -0.25) is 4.84 Å². The van der Waals surface area contributed by atoms with Crippen LogP contribution in [-0.4, -0.2) is 14.4 Å². The molecule has 1 aromatic rings. The molecule has 0 unspecified atom stereocenters. The predicted molar refractivity (Wildman–Crippen MR) is 44.0 cm³/mol. The lowest BCUT2D eigenvalue weighted by atomic mass is 10.3. The Morgan fingerprint density at radius 3 is 1.93 bits per heavy atom. The lowest BCUT2D eigenvalue weighted by molar-refractivity contribution is -0.885. The van der Waals surface area contributed by atoms with Crippen molar-refractivity contribution in [1.82, 2.24) is 0 Å². The summed E-state index contributed by atoms with van der Waals surface area (Å²) in [4.78, 5) is 4.82. The second-order valence-electron chi connectivity index (χ2n) is 2.24. The van der Waals surface area contributed by atoms with Gasteiger partial charge in [0.1, 0.15) is 7.11 Å². The largest absolute Gasteiger partial charge is 0.673 e. The molecule has 0 N–H and O–H groups in total. The van der Waals surface area contributed by atoms with Crippen LogP contribution < -0.4 is 9.57 Å². The Morgan fingerprint density at radius 1 is 1.27 bits per heavy atom. The first-order chi connectivity index (χ1) is 6.86. The van der Waals surface area contributed by atoms with Gasteiger partial charge in [0.25, 0.3) is 0 Å². The SMILES string of the molecule is CO[n+]1ccc(C#N)cc1.F[B-](F)(F)F. The number of nitriles is 1. The van der Waals surface area contributed by atoms with Crippen LogP contribution in [-0.2, 0) is 0 Å². The van der Waals surface area contributed by atoms with E-state index in [1.807, 2.05) is 6.07 Å². The first kappa shape index (κ1) is 13.2. The molecule has 82 valence electrons. The zero-order chi connectivity index (χ0) is 11.9. The average molecular weight is 222 g/mol. The van der Waals surface area contributed by atoms with Gasteiger partial charge in [-0.15, -0.1) is 0 Å². The topological polar surface area (TPSA) is 36.9 Å². The van der Waals surface area contributed by atoms with Gasteiger partial charge in [0.15, 0.2) is 0 Å². The van der Waals surface area contributed by atoms with Gasteiger partial charge in [-0.05, 0) is 0 Å². The summed E-state index contributed by atoms with van der Waals surface area (Å²) in [6.07, 6.45) is 3.36. The van der Waals surface area contributed by atoms with Crippen molar-refractivity contribution in [2.45, 2.75) is 0 Å². The quantitative estimate of drug-likeness (QED) is 0.406. The third-order valence-electron chi connectivity index (χ3n) is 1.14. The Hall–Kier alpha value is -1.78. The highest BCUT2D eigenvalue weighted by atomic mass is 19.5.